The first kappa shape index (κ1) is 13.6. The van der Waals surface area contributed by atoms with Gasteiger partial charge in [0.1, 0.15) is 5.75 Å². The van der Waals surface area contributed by atoms with E-state index in [0.29, 0.717) is 10.8 Å². The number of amides is 1. The number of halogens is 1. The van der Waals surface area contributed by atoms with E-state index in [1.54, 1.807) is 30.5 Å². The number of thiophene rings is 1. The predicted molar refractivity (Wildman–Crippen MR) is 77.0 cm³/mol. The van der Waals surface area contributed by atoms with Gasteiger partial charge >= 0.3 is 0 Å². The molecule has 0 atom stereocenters. The Bertz CT molecular complexity index is 570. The first-order valence-electron chi connectivity index (χ1n) is 5.48. The number of hydrogen-bond donors (Lipinski definition) is 1. The van der Waals surface area contributed by atoms with Crippen LogP contribution in [0, 0.1) is 0 Å². The van der Waals surface area contributed by atoms with E-state index >= 15 is 0 Å². The number of ether oxygens (including phenoxy) is 1. The van der Waals surface area contributed by atoms with Gasteiger partial charge in [-0.25, -0.2) is 5.43 Å². The SMILES string of the molecule is O=C(COc1ccccc1Cl)N/N=C\c1cccs1. The topological polar surface area (TPSA) is 50.7 Å². The van der Waals surface area contributed by atoms with E-state index in [1.807, 2.05) is 17.5 Å². The summed E-state index contributed by atoms with van der Waals surface area (Å²) in [4.78, 5) is 12.4. The van der Waals surface area contributed by atoms with E-state index in [4.69, 9.17) is 16.3 Å². The Hall–Kier alpha value is -1.85. The second kappa shape index (κ2) is 6.92. The molecular weight excluding hydrogens is 284 g/mol. The van der Waals surface area contributed by atoms with Crippen molar-refractivity contribution >= 4 is 35.1 Å². The summed E-state index contributed by atoms with van der Waals surface area (Å²) >= 11 is 7.43. The zero-order chi connectivity index (χ0) is 13.5. The summed E-state index contributed by atoms with van der Waals surface area (Å²) in [7, 11) is 0. The highest BCUT2D eigenvalue weighted by Gasteiger charge is 2.03. The van der Waals surface area contributed by atoms with Crippen molar-refractivity contribution in [2.45, 2.75) is 0 Å². The molecule has 1 aromatic heterocycles. The average Bonchev–Trinajstić information content (AvgIpc) is 2.91. The largest absolute Gasteiger partial charge is 0.482 e. The number of nitrogens with zero attached hydrogens (tertiary/aromatic N) is 1. The van der Waals surface area contributed by atoms with Gasteiger partial charge < -0.3 is 4.74 Å². The highest BCUT2D eigenvalue weighted by atomic mass is 35.5. The van der Waals surface area contributed by atoms with Crippen LogP contribution in [0.5, 0.6) is 5.75 Å². The van der Waals surface area contributed by atoms with Crippen LogP contribution >= 0.6 is 22.9 Å². The van der Waals surface area contributed by atoms with Gasteiger partial charge in [-0.15, -0.1) is 11.3 Å². The van der Waals surface area contributed by atoms with Crippen LogP contribution in [0.15, 0.2) is 46.9 Å². The van der Waals surface area contributed by atoms with Crippen molar-refractivity contribution < 1.29 is 9.53 Å². The fourth-order valence-electron chi connectivity index (χ4n) is 1.27. The van der Waals surface area contributed by atoms with Gasteiger partial charge in [0.15, 0.2) is 6.61 Å². The normalized spacial score (nSPS) is 10.6. The predicted octanol–water partition coefficient (Wildman–Crippen LogP) is 2.93. The van der Waals surface area contributed by atoms with E-state index in [-0.39, 0.29) is 12.5 Å². The minimum atomic E-state index is -0.340. The van der Waals surface area contributed by atoms with Crippen LogP contribution in [-0.2, 0) is 4.79 Å². The van der Waals surface area contributed by atoms with Crippen LogP contribution in [0.25, 0.3) is 0 Å². The Balaban J connectivity index is 1.78. The van der Waals surface area contributed by atoms with Crippen molar-refractivity contribution in [3.05, 3.63) is 51.7 Å². The molecule has 6 heteroatoms. The first-order valence-corrected chi connectivity index (χ1v) is 6.74. The number of nitrogens with one attached hydrogen (secondary N) is 1. The lowest BCUT2D eigenvalue weighted by Crippen LogP contribution is -2.24. The smallest absolute Gasteiger partial charge is 0.277 e. The van der Waals surface area contributed by atoms with Gasteiger partial charge in [0.2, 0.25) is 0 Å². The third kappa shape index (κ3) is 4.39. The zero-order valence-electron chi connectivity index (χ0n) is 9.88. The Labute approximate surface area is 119 Å². The zero-order valence-corrected chi connectivity index (χ0v) is 11.4. The molecule has 0 spiro atoms. The fourth-order valence-corrected chi connectivity index (χ4v) is 2.05. The summed E-state index contributed by atoms with van der Waals surface area (Å²) in [6, 6.07) is 10.8. The third-order valence-electron chi connectivity index (χ3n) is 2.12. The molecule has 0 unspecified atom stereocenters. The van der Waals surface area contributed by atoms with Gasteiger partial charge in [0.25, 0.3) is 5.91 Å². The Kier molecular flexibility index (Phi) is 4.94. The second-order valence-electron chi connectivity index (χ2n) is 3.53. The summed E-state index contributed by atoms with van der Waals surface area (Å²) in [5.74, 6) is 0.134. The number of para-hydroxylation sites is 1. The molecule has 0 radical (unpaired) electrons. The van der Waals surface area contributed by atoms with Crippen LogP contribution < -0.4 is 10.2 Å². The van der Waals surface area contributed by atoms with E-state index in [0.717, 1.165) is 4.88 Å². The summed E-state index contributed by atoms with van der Waals surface area (Å²) in [5.41, 5.74) is 2.38. The minimum Gasteiger partial charge on any atom is -0.482 e. The van der Waals surface area contributed by atoms with Gasteiger partial charge in [-0.2, -0.15) is 5.10 Å². The molecule has 1 aromatic carbocycles. The monoisotopic (exact) mass is 294 g/mol. The summed E-state index contributed by atoms with van der Waals surface area (Å²) in [6.07, 6.45) is 1.58. The highest BCUT2D eigenvalue weighted by Crippen LogP contribution is 2.22. The van der Waals surface area contributed by atoms with Crippen molar-refractivity contribution in [3.63, 3.8) is 0 Å². The van der Waals surface area contributed by atoms with Crippen LogP contribution in [-0.4, -0.2) is 18.7 Å². The number of carbonyl (C=O) groups excluding carboxylic acids is 1. The lowest BCUT2D eigenvalue weighted by Gasteiger charge is -2.06. The van der Waals surface area contributed by atoms with Crippen LogP contribution in [0.2, 0.25) is 5.02 Å². The standard InChI is InChI=1S/C13H11ClN2O2S/c14-11-5-1-2-6-12(11)18-9-13(17)16-15-8-10-4-3-7-19-10/h1-8H,9H2,(H,16,17)/b15-8-. The van der Waals surface area contributed by atoms with Gasteiger partial charge in [-0.3, -0.25) is 4.79 Å². The van der Waals surface area contributed by atoms with Crippen molar-refractivity contribution in [2.75, 3.05) is 6.61 Å². The van der Waals surface area contributed by atoms with Crippen molar-refractivity contribution in [1.29, 1.82) is 0 Å². The van der Waals surface area contributed by atoms with Gasteiger partial charge in [0, 0.05) is 4.88 Å². The summed E-state index contributed by atoms with van der Waals surface area (Å²) in [5, 5.41) is 6.23. The van der Waals surface area contributed by atoms with Crippen LogP contribution in [0.4, 0.5) is 0 Å². The van der Waals surface area contributed by atoms with Crippen molar-refractivity contribution in [2.24, 2.45) is 5.10 Å². The highest BCUT2D eigenvalue weighted by molar-refractivity contribution is 7.11. The number of benzene rings is 1. The van der Waals surface area contributed by atoms with Crippen molar-refractivity contribution in [3.8, 4) is 5.75 Å². The molecule has 98 valence electrons. The van der Waals surface area contributed by atoms with E-state index in [1.165, 1.54) is 11.3 Å². The average molecular weight is 295 g/mol. The molecule has 2 rings (SSSR count). The van der Waals surface area contributed by atoms with Crippen LogP contribution in [0.3, 0.4) is 0 Å². The molecule has 0 saturated carbocycles. The maximum atomic E-state index is 11.5. The maximum Gasteiger partial charge on any atom is 0.277 e. The Morgan fingerprint density at radius 1 is 1.37 bits per heavy atom. The molecule has 1 heterocycles. The molecule has 0 aliphatic carbocycles. The molecule has 4 nitrogen and oxygen atoms in total. The minimum absolute atomic E-state index is 0.133. The molecule has 0 bridgehead atoms. The second-order valence-corrected chi connectivity index (χ2v) is 4.91. The number of carbonyl (C=O) groups is 1. The van der Waals surface area contributed by atoms with E-state index < -0.39 is 0 Å². The molecule has 1 N–H and O–H groups in total. The maximum absolute atomic E-state index is 11.5. The Morgan fingerprint density at radius 3 is 2.95 bits per heavy atom. The third-order valence-corrected chi connectivity index (χ3v) is 3.24. The van der Waals surface area contributed by atoms with Crippen molar-refractivity contribution in [1.82, 2.24) is 5.43 Å². The summed E-state index contributed by atoms with van der Waals surface area (Å²) in [6.45, 7) is -0.133. The molecule has 0 aliphatic rings. The molecular formula is C13H11ClN2O2S. The fraction of sp³-hybridized carbons (Fsp3) is 0.0769. The number of rotatable bonds is 5. The molecule has 0 saturated heterocycles. The lowest BCUT2D eigenvalue weighted by molar-refractivity contribution is -0.123. The van der Waals surface area contributed by atoms with Crippen LogP contribution in [0.1, 0.15) is 4.88 Å². The lowest BCUT2D eigenvalue weighted by atomic mass is 10.3. The number of hydrogen-bond acceptors (Lipinski definition) is 4. The summed E-state index contributed by atoms with van der Waals surface area (Å²) < 4.78 is 5.27. The Morgan fingerprint density at radius 2 is 2.21 bits per heavy atom. The van der Waals surface area contributed by atoms with Gasteiger partial charge in [-0.1, -0.05) is 29.8 Å². The van der Waals surface area contributed by atoms with Gasteiger partial charge in [-0.05, 0) is 23.6 Å². The van der Waals surface area contributed by atoms with E-state index in [2.05, 4.69) is 10.5 Å². The molecule has 0 aliphatic heterocycles. The quantitative estimate of drug-likeness (QED) is 0.681. The number of hydrazone groups is 1. The molecule has 2 aromatic rings. The first-order chi connectivity index (χ1) is 9.25. The van der Waals surface area contributed by atoms with E-state index in [9.17, 15) is 4.79 Å². The molecule has 19 heavy (non-hydrogen) atoms. The molecule has 1 amide bonds. The molecule has 0 fully saturated rings. The van der Waals surface area contributed by atoms with Gasteiger partial charge in [0.05, 0.1) is 11.2 Å².